The number of halogens is 1. The molecule has 0 radical (unpaired) electrons. The maximum atomic E-state index is 14.5. The Kier molecular flexibility index (Phi) is 5.69. The lowest BCUT2D eigenvalue weighted by atomic mass is 10.2. The van der Waals surface area contributed by atoms with Gasteiger partial charge in [-0.15, -0.1) is 0 Å². The number of aryl methyl sites for hydroxylation is 1. The highest BCUT2D eigenvalue weighted by molar-refractivity contribution is 5.94. The van der Waals surface area contributed by atoms with E-state index in [2.05, 4.69) is 20.3 Å². The number of β-amino-alcohol motifs (C(OH)–C–C–N with tert-alkyl or cyclic N) is 1. The van der Waals surface area contributed by atoms with Gasteiger partial charge in [0.25, 0.3) is 5.91 Å². The summed E-state index contributed by atoms with van der Waals surface area (Å²) < 4.78 is 16.4. The van der Waals surface area contributed by atoms with Crippen molar-refractivity contribution >= 4 is 17.5 Å². The van der Waals surface area contributed by atoms with Gasteiger partial charge in [-0.25, -0.2) is 19.3 Å². The highest BCUT2D eigenvalue weighted by Gasteiger charge is 2.25. The summed E-state index contributed by atoms with van der Waals surface area (Å²) in [7, 11) is 0. The van der Waals surface area contributed by atoms with Gasteiger partial charge in [0.1, 0.15) is 11.5 Å². The Morgan fingerprint density at radius 2 is 1.97 bits per heavy atom. The molecule has 1 fully saturated rings. The number of carbonyl (C=O) groups is 1. The first-order chi connectivity index (χ1) is 14.8. The molecule has 3 aromatic rings. The Labute approximate surface area is 179 Å². The Hall–Kier alpha value is -3.33. The average molecular weight is 424 g/mol. The zero-order valence-electron chi connectivity index (χ0n) is 17.7. The van der Waals surface area contributed by atoms with Crippen LogP contribution < -0.4 is 5.32 Å². The van der Waals surface area contributed by atoms with E-state index < -0.39 is 11.9 Å². The van der Waals surface area contributed by atoms with E-state index in [-0.39, 0.29) is 23.6 Å². The molecule has 0 aliphatic carbocycles. The van der Waals surface area contributed by atoms with Crippen LogP contribution in [0.1, 0.15) is 42.5 Å². The number of nitrogens with zero attached hydrogens (tertiary/aromatic N) is 5. The Balaban J connectivity index is 1.54. The molecule has 1 aliphatic rings. The molecule has 0 spiro atoms. The van der Waals surface area contributed by atoms with E-state index in [4.69, 9.17) is 0 Å². The fourth-order valence-electron chi connectivity index (χ4n) is 3.82. The SMILES string of the molecule is Cc1ncc(-c2nc(Nc3ccc(C(=O)N4CCC(O)C4)cc3)ncc2F)n1C(C)C. The van der Waals surface area contributed by atoms with Crippen LogP contribution in [0.5, 0.6) is 0 Å². The van der Waals surface area contributed by atoms with Crippen LogP contribution in [0.4, 0.5) is 16.0 Å². The van der Waals surface area contributed by atoms with Gasteiger partial charge in [-0.2, -0.15) is 0 Å². The largest absolute Gasteiger partial charge is 0.391 e. The van der Waals surface area contributed by atoms with Gasteiger partial charge in [0.15, 0.2) is 5.82 Å². The molecule has 9 heteroatoms. The molecule has 1 aromatic carbocycles. The van der Waals surface area contributed by atoms with Gasteiger partial charge >= 0.3 is 0 Å². The van der Waals surface area contributed by atoms with Crippen LogP contribution >= 0.6 is 0 Å². The minimum absolute atomic E-state index is 0.102. The molecule has 2 aromatic heterocycles. The summed E-state index contributed by atoms with van der Waals surface area (Å²) in [6.07, 6.45) is 2.89. The zero-order chi connectivity index (χ0) is 22.1. The molecule has 8 nitrogen and oxygen atoms in total. The molecule has 3 heterocycles. The molecule has 162 valence electrons. The summed E-state index contributed by atoms with van der Waals surface area (Å²) in [4.78, 5) is 26.8. The lowest BCUT2D eigenvalue weighted by molar-refractivity contribution is 0.0765. The van der Waals surface area contributed by atoms with Crippen LogP contribution in [0.25, 0.3) is 11.4 Å². The summed E-state index contributed by atoms with van der Waals surface area (Å²) in [6, 6.07) is 7.00. The van der Waals surface area contributed by atoms with Gasteiger partial charge in [-0.1, -0.05) is 0 Å². The first-order valence-corrected chi connectivity index (χ1v) is 10.2. The summed E-state index contributed by atoms with van der Waals surface area (Å²) in [6.45, 7) is 6.79. The zero-order valence-corrected chi connectivity index (χ0v) is 17.7. The first-order valence-electron chi connectivity index (χ1n) is 10.2. The second-order valence-corrected chi connectivity index (χ2v) is 7.94. The first kappa shape index (κ1) is 20.9. The highest BCUT2D eigenvalue weighted by atomic mass is 19.1. The van der Waals surface area contributed by atoms with Crippen molar-refractivity contribution in [3.8, 4) is 11.4 Å². The monoisotopic (exact) mass is 424 g/mol. The summed E-state index contributed by atoms with van der Waals surface area (Å²) in [5.41, 5.74) is 1.97. The van der Waals surface area contributed by atoms with Gasteiger partial charge in [-0.05, 0) is 51.5 Å². The number of aliphatic hydroxyl groups is 1. The third kappa shape index (κ3) is 4.27. The predicted octanol–water partition coefficient (Wildman–Crippen LogP) is 3.32. The number of aliphatic hydroxyl groups excluding tert-OH is 1. The van der Waals surface area contributed by atoms with Crippen molar-refractivity contribution in [1.29, 1.82) is 0 Å². The molecule has 0 saturated carbocycles. The van der Waals surface area contributed by atoms with Crippen molar-refractivity contribution in [1.82, 2.24) is 24.4 Å². The van der Waals surface area contributed by atoms with Gasteiger partial charge in [0, 0.05) is 30.4 Å². The van der Waals surface area contributed by atoms with E-state index >= 15 is 0 Å². The Bertz CT molecular complexity index is 1100. The van der Waals surface area contributed by atoms with E-state index in [1.807, 2.05) is 25.3 Å². The summed E-state index contributed by atoms with van der Waals surface area (Å²) in [5.74, 6) is 0.387. The lowest BCUT2D eigenvalue weighted by Crippen LogP contribution is -2.29. The van der Waals surface area contributed by atoms with Gasteiger partial charge in [0.05, 0.1) is 24.2 Å². The quantitative estimate of drug-likeness (QED) is 0.652. The van der Waals surface area contributed by atoms with E-state index in [0.29, 0.717) is 36.5 Å². The van der Waals surface area contributed by atoms with Crippen molar-refractivity contribution in [2.75, 3.05) is 18.4 Å². The molecule has 4 rings (SSSR count). The number of amides is 1. The normalized spacial score (nSPS) is 16.2. The van der Waals surface area contributed by atoms with Crippen LogP contribution in [-0.4, -0.2) is 54.6 Å². The van der Waals surface area contributed by atoms with Crippen molar-refractivity contribution in [3.05, 3.63) is 53.9 Å². The van der Waals surface area contributed by atoms with Gasteiger partial charge in [-0.3, -0.25) is 4.79 Å². The van der Waals surface area contributed by atoms with Crippen LogP contribution in [0.3, 0.4) is 0 Å². The number of hydrogen-bond acceptors (Lipinski definition) is 6. The second-order valence-electron chi connectivity index (χ2n) is 7.94. The third-order valence-electron chi connectivity index (χ3n) is 5.32. The van der Waals surface area contributed by atoms with Crippen molar-refractivity contribution in [2.24, 2.45) is 0 Å². The fourth-order valence-corrected chi connectivity index (χ4v) is 3.82. The smallest absolute Gasteiger partial charge is 0.253 e. The van der Waals surface area contributed by atoms with Gasteiger partial charge < -0.3 is 19.9 Å². The fraction of sp³-hybridized carbons (Fsp3) is 0.364. The molecule has 1 amide bonds. The minimum Gasteiger partial charge on any atom is -0.391 e. The number of aromatic nitrogens is 4. The van der Waals surface area contributed by atoms with Crippen molar-refractivity contribution in [3.63, 3.8) is 0 Å². The summed E-state index contributed by atoms with van der Waals surface area (Å²) >= 11 is 0. The number of imidazole rings is 1. The maximum Gasteiger partial charge on any atom is 0.253 e. The number of carbonyl (C=O) groups excluding carboxylic acids is 1. The molecule has 1 saturated heterocycles. The number of benzene rings is 1. The molecule has 1 atom stereocenters. The average Bonchev–Trinajstić information content (AvgIpc) is 3.35. The molecule has 31 heavy (non-hydrogen) atoms. The number of nitrogens with one attached hydrogen (secondary N) is 1. The molecular formula is C22H25FN6O2. The molecule has 1 aliphatic heterocycles. The van der Waals surface area contributed by atoms with E-state index in [1.165, 1.54) is 0 Å². The van der Waals surface area contributed by atoms with E-state index in [9.17, 15) is 14.3 Å². The lowest BCUT2D eigenvalue weighted by Gasteiger charge is -2.16. The van der Waals surface area contributed by atoms with Crippen LogP contribution in [0.15, 0.2) is 36.7 Å². The second kappa shape index (κ2) is 8.43. The predicted molar refractivity (Wildman–Crippen MR) is 115 cm³/mol. The van der Waals surface area contributed by atoms with Crippen LogP contribution in [-0.2, 0) is 0 Å². The number of rotatable bonds is 5. The number of hydrogen-bond donors (Lipinski definition) is 2. The van der Waals surface area contributed by atoms with E-state index in [0.717, 1.165) is 12.0 Å². The topological polar surface area (TPSA) is 96.2 Å². The Morgan fingerprint density at radius 1 is 1.23 bits per heavy atom. The van der Waals surface area contributed by atoms with Crippen LogP contribution in [0.2, 0.25) is 0 Å². The summed E-state index contributed by atoms with van der Waals surface area (Å²) in [5, 5.41) is 12.7. The number of anilines is 2. The third-order valence-corrected chi connectivity index (χ3v) is 5.32. The van der Waals surface area contributed by atoms with Crippen LogP contribution in [0, 0.1) is 12.7 Å². The minimum atomic E-state index is -0.527. The van der Waals surface area contributed by atoms with Crippen molar-refractivity contribution < 1.29 is 14.3 Å². The number of likely N-dealkylation sites (tertiary alicyclic amines) is 1. The van der Waals surface area contributed by atoms with E-state index in [1.54, 1.807) is 35.4 Å². The standard InChI is InChI=1S/C22H25FN6O2/c1-13(2)29-14(3)24-11-19(29)20-18(23)10-25-22(27-20)26-16-6-4-15(5-7-16)21(31)28-9-8-17(30)12-28/h4-7,10-11,13,17,30H,8-9,12H2,1-3H3,(H,25,26,27). The van der Waals surface area contributed by atoms with Gasteiger partial charge in [0.2, 0.25) is 5.95 Å². The maximum absolute atomic E-state index is 14.5. The highest BCUT2D eigenvalue weighted by Crippen LogP contribution is 2.26. The van der Waals surface area contributed by atoms with Crippen molar-refractivity contribution in [2.45, 2.75) is 39.3 Å². The molecule has 0 bridgehead atoms. The molecular weight excluding hydrogens is 399 g/mol. The molecule has 2 N–H and O–H groups in total. The Morgan fingerprint density at radius 3 is 2.61 bits per heavy atom. The molecule has 1 unspecified atom stereocenters.